The van der Waals surface area contributed by atoms with Crippen LogP contribution in [0.3, 0.4) is 0 Å². The largest absolute Gasteiger partial charge is 0.465 e. The third-order valence-corrected chi connectivity index (χ3v) is 5.94. The van der Waals surface area contributed by atoms with Crippen molar-refractivity contribution in [3.05, 3.63) is 23.7 Å². The van der Waals surface area contributed by atoms with E-state index in [1.807, 2.05) is 13.0 Å². The quantitative estimate of drug-likeness (QED) is 0.883. The lowest BCUT2D eigenvalue weighted by atomic mass is 9.48. The van der Waals surface area contributed by atoms with Crippen LogP contribution in [-0.4, -0.2) is 0 Å². The molecule has 1 heterocycles. The predicted molar refractivity (Wildman–Crippen MR) is 75.6 cm³/mol. The van der Waals surface area contributed by atoms with Crippen molar-refractivity contribution in [2.45, 2.75) is 57.9 Å². The molecule has 104 valence electrons. The van der Waals surface area contributed by atoms with Gasteiger partial charge < -0.3 is 10.2 Å². The topological polar surface area (TPSA) is 39.2 Å². The van der Waals surface area contributed by atoms with Gasteiger partial charge in [-0.1, -0.05) is 0 Å². The van der Waals surface area contributed by atoms with Gasteiger partial charge in [-0.3, -0.25) is 0 Å². The van der Waals surface area contributed by atoms with E-state index in [-0.39, 0.29) is 6.04 Å². The summed E-state index contributed by atoms with van der Waals surface area (Å²) in [6.45, 7) is 2.00. The van der Waals surface area contributed by atoms with E-state index < -0.39 is 0 Å². The van der Waals surface area contributed by atoms with E-state index in [4.69, 9.17) is 10.2 Å². The van der Waals surface area contributed by atoms with Crippen LogP contribution in [0.5, 0.6) is 0 Å². The first-order valence-electron chi connectivity index (χ1n) is 7.94. The molecule has 0 radical (unpaired) electrons. The van der Waals surface area contributed by atoms with Crippen molar-refractivity contribution in [2.75, 3.05) is 0 Å². The molecule has 2 heteroatoms. The molecule has 0 aliphatic heterocycles. The third kappa shape index (κ3) is 2.05. The average molecular weight is 259 g/mol. The van der Waals surface area contributed by atoms with Crippen LogP contribution in [0.1, 0.15) is 62.5 Å². The maximum Gasteiger partial charge on any atom is 0.120 e. The van der Waals surface area contributed by atoms with Crippen LogP contribution < -0.4 is 5.73 Å². The maximum atomic E-state index is 6.44. The fourth-order valence-corrected chi connectivity index (χ4v) is 5.76. The maximum absolute atomic E-state index is 6.44. The molecular weight excluding hydrogens is 234 g/mol. The molecule has 4 fully saturated rings. The summed E-state index contributed by atoms with van der Waals surface area (Å²) in [7, 11) is 0. The lowest BCUT2D eigenvalue weighted by Gasteiger charge is -2.57. The highest BCUT2D eigenvalue weighted by Crippen LogP contribution is 2.62. The summed E-state index contributed by atoms with van der Waals surface area (Å²) in [5, 5.41) is 0. The van der Waals surface area contributed by atoms with Crippen LogP contribution in [0.15, 0.2) is 16.5 Å². The Morgan fingerprint density at radius 3 is 2.21 bits per heavy atom. The average Bonchev–Trinajstić information content (AvgIpc) is 2.73. The second kappa shape index (κ2) is 4.12. The van der Waals surface area contributed by atoms with Crippen LogP contribution in [0.25, 0.3) is 0 Å². The van der Waals surface area contributed by atoms with Crippen molar-refractivity contribution in [1.29, 1.82) is 0 Å². The van der Waals surface area contributed by atoms with Crippen molar-refractivity contribution in [3.8, 4) is 0 Å². The van der Waals surface area contributed by atoms with Gasteiger partial charge in [0.05, 0.1) is 6.04 Å². The Kier molecular flexibility index (Phi) is 2.60. The van der Waals surface area contributed by atoms with Crippen molar-refractivity contribution >= 4 is 0 Å². The van der Waals surface area contributed by atoms with E-state index >= 15 is 0 Å². The SMILES string of the molecule is Cc1ccc(C(N)CC23CC4CC(CC(C4)C2)C3)o1. The van der Waals surface area contributed by atoms with Crippen molar-refractivity contribution in [3.63, 3.8) is 0 Å². The lowest BCUT2D eigenvalue weighted by Crippen LogP contribution is -2.47. The summed E-state index contributed by atoms with van der Waals surface area (Å²) in [6, 6.07) is 4.21. The Labute approximate surface area is 115 Å². The number of rotatable bonds is 3. The molecule has 0 amide bonds. The van der Waals surface area contributed by atoms with Gasteiger partial charge in [0.15, 0.2) is 0 Å². The molecule has 2 nitrogen and oxygen atoms in total. The normalized spacial score (nSPS) is 41.7. The molecule has 4 aliphatic carbocycles. The molecule has 2 N–H and O–H groups in total. The summed E-state index contributed by atoms with van der Waals surface area (Å²) in [6.07, 6.45) is 9.98. The van der Waals surface area contributed by atoms with E-state index in [0.717, 1.165) is 35.7 Å². The molecule has 1 atom stereocenters. The monoisotopic (exact) mass is 259 g/mol. The molecule has 4 saturated carbocycles. The summed E-state index contributed by atoms with van der Waals surface area (Å²) in [4.78, 5) is 0. The highest BCUT2D eigenvalue weighted by Gasteiger charge is 2.51. The molecule has 0 spiro atoms. The van der Waals surface area contributed by atoms with Gasteiger partial charge in [0.1, 0.15) is 11.5 Å². The van der Waals surface area contributed by atoms with E-state index in [2.05, 4.69) is 6.07 Å². The van der Waals surface area contributed by atoms with Gasteiger partial charge in [-0.05, 0) is 87.2 Å². The number of hydrogen-bond donors (Lipinski definition) is 1. The molecule has 1 unspecified atom stereocenters. The molecule has 0 saturated heterocycles. The minimum absolute atomic E-state index is 0.102. The molecule has 4 bridgehead atoms. The zero-order chi connectivity index (χ0) is 13.0. The van der Waals surface area contributed by atoms with Crippen LogP contribution in [0.2, 0.25) is 0 Å². The van der Waals surface area contributed by atoms with Crippen molar-refractivity contribution in [1.82, 2.24) is 0 Å². The molecule has 19 heavy (non-hydrogen) atoms. The Bertz CT molecular complexity index is 440. The number of aryl methyl sites for hydroxylation is 1. The molecule has 0 aromatic carbocycles. The van der Waals surface area contributed by atoms with Crippen molar-refractivity contribution < 1.29 is 4.42 Å². The Balaban J connectivity index is 1.53. The molecule has 5 rings (SSSR count). The highest BCUT2D eigenvalue weighted by molar-refractivity contribution is 5.11. The second-order valence-electron chi connectivity index (χ2n) is 7.68. The van der Waals surface area contributed by atoms with Crippen molar-refractivity contribution in [2.24, 2.45) is 28.9 Å². The standard InChI is InChI=1S/C17H25NO/c1-11-2-3-16(19-11)15(18)10-17-7-12-4-13(8-17)6-14(5-12)9-17/h2-3,12-15H,4-10,18H2,1H3. The number of hydrogen-bond acceptors (Lipinski definition) is 2. The van der Waals surface area contributed by atoms with Crippen LogP contribution >= 0.6 is 0 Å². The minimum Gasteiger partial charge on any atom is -0.465 e. The molecule has 1 aromatic rings. The highest BCUT2D eigenvalue weighted by atomic mass is 16.3. The van der Waals surface area contributed by atoms with E-state index in [9.17, 15) is 0 Å². The third-order valence-electron chi connectivity index (χ3n) is 5.94. The molecule has 4 aliphatic rings. The first kappa shape index (κ1) is 12.0. The van der Waals surface area contributed by atoms with E-state index in [1.54, 1.807) is 0 Å². The van der Waals surface area contributed by atoms with Crippen LogP contribution in [0.4, 0.5) is 0 Å². The van der Waals surface area contributed by atoms with Gasteiger partial charge in [0, 0.05) is 0 Å². The number of nitrogens with two attached hydrogens (primary N) is 1. The van der Waals surface area contributed by atoms with Gasteiger partial charge in [0.25, 0.3) is 0 Å². The first-order chi connectivity index (χ1) is 9.12. The van der Waals surface area contributed by atoms with Gasteiger partial charge in [-0.2, -0.15) is 0 Å². The van der Waals surface area contributed by atoms with Crippen LogP contribution in [-0.2, 0) is 0 Å². The Morgan fingerprint density at radius 1 is 1.16 bits per heavy atom. The second-order valence-corrected chi connectivity index (χ2v) is 7.68. The minimum atomic E-state index is 0.102. The zero-order valence-electron chi connectivity index (χ0n) is 11.9. The molecule has 1 aromatic heterocycles. The van der Waals surface area contributed by atoms with Gasteiger partial charge in [0.2, 0.25) is 0 Å². The Morgan fingerprint density at radius 2 is 1.74 bits per heavy atom. The van der Waals surface area contributed by atoms with Gasteiger partial charge in [-0.15, -0.1) is 0 Å². The van der Waals surface area contributed by atoms with Gasteiger partial charge >= 0.3 is 0 Å². The smallest absolute Gasteiger partial charge is 0.120 e. The summed E-state index contributed by atoms with van der Waals surface area (Å²) >= 11 is 0. The lowest BCUT2D eigenvalue weighted by molar-refractivity contribution is -0.0613. The Hall–Kier alpha value is -0.760. The van der Waals surface area contributed by atoms with Crippen LogP contribution in [0, 0.1) is 30.1 Å². The van der Waals surface area contributed by atoms with Gasteiger partial charge in [-0.25, -0.2) is 0 Å². The van der Waals surface area contributed by atoms with E-state index in [1.165, 1.54) is 38.5 Å². The summed E-state index contributed by atoms with van der Waals surface area (Å²) in [5.41, 5.74) is 6.99. The fourth-order valence-electron chi connectivity index (χ4n) is 5.76. The predicted octanol–water partition coefficient (Wildman–Crippen LogP) is 4.19. The summed E-state index contributed by atoms with van der Waals surface area (Å²) in [5.74, 6) is 5.01. The fraction of sp³-hybridized carbons (Fsp3) is 0.765. The number of furan rings is 1. The summed E-state index contributed by atoms with van der Waals surface area (Å²) < 4.78 is 5.73. The van der Waals surface area contributed by atoms with E-state index in [0.29, 0.717) is 5.41 Å². The zero-order valence-corrected chi connectivity index (χ0v) is 11.9. The first-order valence-corrected chi connectivity index (χ1v) is 7.94. The molecular formula is C17H25NO.